The lowest BCUT2D eigenvalue weighted by Crippen LogP contribution is -2.24. The summed E-state index contributed by atoms with van der Waals surface area (Å²) in [4.78, 5) is 24.0. The second kappa shape index (κ2) is 7.44. The number of rotatable bonds is 5. The number of carbonyl (C=O) groups is 1. The Kier molecular flexibility index (Phi) is 5.07. The lowest BCUT2D eigenvalue weighted by Gasteiger charge is -2.13. The van der Waals surface area contributed by atoms with Gasteiger partial charge in [0.1, 0.15) is 11.3 Å². The fourth-order valence-corrected chi connectivity index (χ4v) is 2.87. The van der Waals surface area contributed by atoms with Gasteiger partial charge in [0.25, 0.3) is 0 Å². The number of fused-ring (bicyclic) bond motifs is 1. The maximum Gasteiger partial charge on any atom is 0.346 e. The predicted molar refractivity (Wildman–Crippen MR) is 98.6 cm³/mol. The Morgan fingerprint density at radius 3 is 2.58 bits per heavy atom. The van der Waals surface area contributed by atoms with Crippen molar-refractivity contribution in [3.8, 4) is 5.75 Å². The van der Waals surface area contributed by atoms with Crippen molar-refractivity contribution < 1.29 is 18.7 Å². The van der Waals surface area contributed by atoms with Gasteiger partial charge in [0.2, 0.25) is 0 Å². The van der Waals surface area contributed by atoms with Gasteiger partial charge in [0.05, 0.1) is 7.11 Å². The topological polar surface area (TPSA) is 65.7 Å². The van der Waals surface area contributed by atoms with Crippen molar-refractivity contribution in [3.05, 3.63) is 75.6 Å². The molecule has 0 fully saturated rings. The van der Waals surface area contributed by atoms with Gasteiger partial charge in [-0.05, 0) is 37.1 Å². The minimum Gasteiger partial charge on any atom is -0.479 e. The van der Waals surface area contributed by atoms with Gasteiger partial charge in [-0.1, -0.05) is 30.3 Å². The Balaban J connectivity index is 1.96. The summed E-state index contributed by atoms with van der Waals surface area (Å²) in [5.74, 6) is -0.0327. The predicted octanol–water partition coefficient (Wildman–Crippen LogP) is 3.63. The fourth-order valence-electron chi connectivity index (χ4n) is 2.87. The van der Waals surface area contributed by atoms with Crippen molar-refractivity contribution in [2.24, 2.45) is 0 Å². The molecule has 134 valence electrons. The van der Waals surface area contributed by atoms with Crippen LogP contribution < -0.4 is 10.4 Å². The summed E-state index contributed by atoms with van der Waals surface area (Å²) in [5, 5.41) is 0.841. The molecule has 0 spiro atoms. The summed E-state index contributed by atoms with van der Waals surface area (Å²) in [6.07, 6.45) is -0.231. The molecule has 0 amide bonds. The first-order chi connectivity index (χ1) is 12.5. The minimum atomic E-state index is -0.748. The standard InChI is InChI=1S/C21H20O5/c1-13-17-10-9-16(25-14(2)20(22)24-3)12-19(17)26-21(23)18(13)11-15-7-5-4-6-8-15/h4-10,12,14H,11H2,1-3H3. The van der Waals surface area contributed by atoms with Crippen LogP contribution in [0, 0.1) is 6.92 Å². The number of hydrogen-bond donors (Lipinski definition) is 0. The number of carbonyl (C=O) groups excluding carboxylic acids is 1. The Morgan fingerprint density at radius 1 is 1.15 bits per heavy atom. The number of hydrogen-bond acceptors (Lipinski definition) is 5. The van der Waals surface area contributed by atoms with Crippen molar-refractivity contribution in [3.63, 3.8) is 0 Å². The molecule has 0 saturated carbocycles. The van der Waals surface area contributed by atoms with Gasteiger partial charge in [-0.2, -0.15) is 0 Å². The Bertz CT molecular complexity index is 988. The first-order valence-corrected chi connectivity index (χ1v) is 8.34. The van der Waals surface area contributed by atoms with Crippen molar-refractivity contribution in [1.29, 1.82) is 0 Å². The van der Waals surface area contributed by atoms with Crippen LogP contribution in [-0.2, 0) is 16.0 Å². The minimum absolute atomic E-state index is 0.364. The summed E-state index contributed by atoms with van der Waals surface area (Å²) >= 11 is 0. The fraction of sp³-hybridized carbons (Fsp3) is 0.238. The van der Waals surface area contributed by atoms with Gasteiger partial charge in [-0.25, -0.2) is 9.59 Å². The average Bonchev–Trinajstić information content (AvgIpc) is 2.65. The summed E-state index contributed by atoms with van der Waals surface area (Å²) in [6, 6.07) is 15.0. The van der Waals surface area contributed by atoms with Gasteiger partial charge in [-0.15, -0.1) is 0 Å². The second-order valence-electron chi connectivity index (χ2n) is 6.10. The van der Waals surface area contributed by atoms with Gasteiger partial charge >= 0.3 is 11.6 Å². The lowest BCUT2D eigenvalue weighted by atomic mass is 10.00. The van der Waals surface area contributed by atoms with Crippen molar-refractivity contribution in [1.82, 2.24) is 0 Å². The van der Waals surface area contributed by atoms with E-state index < -0.39 is 12.1 Å². The van der Waals surface area contributed by atoms with Gasteiger partial charge < -0.3 is 13.9 Å². The third-order valence-electron chi connectivity index (χ3n) is 4.33. The molecule has 5 nitrogen and oxygen atoms in total. The molecule has 0 aliphatic heterocycles. The molecule has 0 N–H and O–H groups in total. The highest BCUT2D eigenvalue weighted by atomic mass is 16.6. The highest BCUT2D eigenvalue weighted by molar-refractivity contribution is 5.82. The van der Waals surface area contributed by atoms with E-state index in [0.717, 1.165) is 16.5 Å². The smallest absolute Gasteiger partial charge is 0.346 e. The molecule has 0 radical (unpaired) electrons. The molecule has 1 heterocycles. The van der Waals surface area contributed by atoms with Crippen LogP contribution in [0.2, 0.25) is 0 Å². The van der Waals surface area contributed by atoms with Gasteiger partial charge in [0, 0.05) is 23.4 Å². The van der Waals surface area contributed by atoms with Gasteiger partial charge in [0.15, 0.2) is 6.10 Å². The molecular weight excluding hydrogens is 332 g/mol. The SMILES string of the molecule is COC(=O)C(C)Oc1ccc2c(C)c(Cc3ccccc3)c(=O)oc2c1. The van der Waals surface area contributed by atoms with E-state index in [1.54, 1.807) is 19.1 Å². The molecule has 0 aliphatic rings. The van der Waals surface area contributed by atoms with Crippen LogP contribution in [0.1, 0.15) is 23.6 Å². The molecule has 5 heteroatoms. The molecule has 0 bridgehead atoms. The van der Waals surface area contributed by atoms with E-state index in [0.29, 0.717) is 23.3 Å². The van der Waals surface area contributed by atoms with E-state index in [1.807, 2.05) is 43.3 Å². The van der Waals surface area contributed by atoms with E-state index in [1.165, 1.54) is 7.11 Å². The molecule has 3 rings (SSSR count). The largest absolute Gasteiger partial charge is 0.479 e. The van der Waals surface area contributed by atoms with Crippen LogP contribution in [-0.4, -0.2) is 19.2 Å². The summed E-state index contributed by atoms with van der Waals surface area (Å²) in [6.45, 7) is 3.51. The molecule has 1 aromatic heterocycles. The molecule has 1 atom stereocenters. The summed E-state index contributed by atoms with van der Waals surface area (Å²) in [7, 11) is 1.30. The first kappa shape index (κ1) is 17.7. The zero-order chi connectivity index (χ0) is 18.7. The number of aryl methyl sites for hydroxylation is 1. The number of benzene rings is 2. The Morgan fingerprint density at radius 2 is 1.88 bits per heavy atom. The highest BCUT2D eigenvalue weighted by Gasteiger charge is 2.17. The monoisotopic (exact) mass is 352 g/mol. The average molecular weight is 352 g/mol. The molecule has 2 aromatic carbocycles. The van der Waals surface area contributed by atoms with E-state index in [-0.39, 0.29) is 5.63 Å². The van der Waals surface area contributed by atoms with Crippen LogP contribution in [0.15, 0.2) is 57.7 Å². The quantitative estimate of drug-likeness (QED) is 0.518. The zero-order valence-electron chi connectivity index (χ0n) is 14.9. The maximum atomic E-state index is 12.5. The number of ether oxygens (including phenoxy) is 2. The Labute approximate surface area is 151 Å². The van der Waals surface area contributed by atoms with Crippen LogP contribution >= 0.6 is 0 Å². The van der Waals surface area contributed by atoms with E-state index >= 15 is 0 Å². The van der Waals surface area contributed by atoms with Crippen LogP contribution in [0.3, 0.4) is 0 Å². The molecule has 0 saturated heterocycles. The maximum absolute atomic E-state index is 12.5. The van der Waals surface area contributed by atoms with Crippen LogP contribution in [0.4, 0.5) is 0 Å². The number of methoxy groups -OCH3 is 1. The third kappa shape index (κ3) is 3.61. The summed E-state index contributed by atoms with van der Waals surface area (Å²) in [5.41, 5.74) is 2.64. The molecule has 3 aromatic rings. The molecule has 0 aliphatic carbocycles. The van der Waals surface area contributed by atoms with Crippen LogP contribution in [0.25, 0.3) is 11.0 Å². The third-order valence-corrected chi connectivity index (χ3v) is 4.33. The molecule has 26 heavy (non-hydrogen) atoms. The zero-order valence-corrected chi connectivity index (χ0v) is 14.9. The van der Waals surface area contributed by atoms with Crippen molar-refractivity contribution in [2.45, 2.75) is 26.4 Å². The van der Waals surface area contributed by atoms with E-state index in [9.17, 15) is 9.59 Å². The van der Waals surface area contributed by atoms with E-state index in [4.69, 9.17) is 9.15 Å². The highest BCUT2D eigenvalue weighted by Crippen LogP contribution is 2.25. The lowest BCUT2D eigenvalue weighted by molar-refractivity contribution is -0.147. The summed E-state index contributed by atoms with van der Waals surface area (Å²) < 4.78 is 15.7. The normalized spacial score (nSPS) is 12.0. The molecule has 1 unspecified atom stereocenters. The van der Waals surface area contributed by atoms with E-state index in [2.05, 4.69) is 4.74 Å². The van der Waals surface area contributed by atoms with Gasteiger partial charge in [-0.3, -0.25) is 0 Å². The van der Waals surface area contributed by atoms with Crippen molar-refractivity contribution >= 4 is 16.9 Å². The second-order valence-corrected chi connectivity index (χ2v) is 6.10. The molecular formula is C21H20O5. The Hall–Kier alpha value is -3.08. The number of esters is 1. The van der Waals surface area contributed by atoms with Crippen LogP contribution in [0.5, 0.6) is 5.75 Å². The first-order valence-electron chi connectivity index (χ1n) is 8.34. The van der Waals surface area contributed by atoms with Crippen molar-refractivity contribution in [2.75, 3.05) is 7.11 Å².